The second kappa shape index (κ2) is 20.0. The zero-order valence-corrected chi connectivity index (χ0v) is 29.2. The maximum absolute atomic E-state index is 12.7. The van der Waals surface area contributed by atoms with Gasteiger partial charge in [0, 0.05) is 69.4 Å². The normalized spacial score (nSPS) is 22.8. The number of esters is 8. The van der Waals surface area contributed by atoms with E-state index in [9.17, 15) is 43.2 Å². The van der Waals surface area contributed by atoms with Gasteiger partial charge in [-0.15, -0.1) is 0 Å². The monoisotopic (exact) mass is 721 g/mol. The standard InChI is InChI=1S/C30H43NO19/c1-12(32)31-22-24(50-30(41-10)29(49-20(9)40)25(22)45-16(5)36)27(47-18(7)38)28(48-19(8)39)26(46-17(6)37)23(44-15(4)35)21(43-14(3)34)11-42-13(2)33/h21-30H,11H2,1-10H3,(H,31,32)/t21-,22-,23-,24+,25+,26+,27+,28+,29-,30+/m1/s1. The Bertz CT molecular complexity index is 1280. The van der Waals surface area contributed by atoms with Gasteiger partial charge < -0.3 is 52.7 Å². The average Bonchev–Trinajstić information content (AvgIpc) is 2.95. The average molecular weight is 722 g/mol. The van der Waals surface area contributed by atoms with Crippen molar-refractivity contribution in [2.75, 3.05) is 13.7 Å². The number of ether oxygens (including phenoxy) is 10. The smallest absolute Gasteiger partial charge is 0.303 e. The lowest BCUT2D eigenvalue weighted by Gasteiger charge is -2.48. The first-order chi connectivity index (χ1) is 23.2. The van der Waals surface area contributed by atoms with Gasteiger partial charge in [-0.05, 0) is 0 Å². The SMILES string of the molecule is CO[C@H]1O[C@H]([C@H](OC(C)=O)[C@@H](OC(C)=O)[C@@H](OC(C)=O)[C@H](OC(C)=O)[C@@H](COC(C)=O)OC(C)=O)[C@@H](NC(C)=O)[C@H](OC(C)=O)[C@H]1OC(C)=O. The second-order valence-corrected chi connectivity index (χ2v) is 10.8. The molecule has 0 radical (unpaired) electrons. The van der Waals surface area contributed by atoms with Gasteiger partial charge in [-0.1, -0.05) is 0 Å². The van der Waals surface area contributed by atoms with E-state index in [1.54, 1.807) is 0 Å². The number of carbonyl (C=O) groups is 9. The molecule has 50 heavy (non-hydrogen) atoms. The van der Waals surface area contributed by atoms with E-state index in [2.05, 4.69) is 5.32 Å². The highest BCUT2D eigenvalue weighted by Crippen LogP contribution is 2.34. The van der Waals surface area contributed by atoms with Crippen LogP contribution in [0.25, 0.3) is 0 Å². The first kappa shape index (κ1) is 43.2. The fourth-order valence-corrected chi connectivity index (χ4v) is 5.07. The summed E-state index contributed by atoms with van der Waals surface area (Å²) in [7, 11) is 1.11. The third-order valence-electron chi connectivity index (χ3n) is 6.44. The maximum Gasteiger partial charge on any atom is 0.303 e. The highest BCUT2D eigenvalue weighted by Gasteiger charge is 2.58. The minimum Gasteiger partial charge on any atom is -0.462 e. The minimum atomic E-state index is -2.08. The molecule has 282 valence electrons. The predicted molar refractivity (Wildman–Crippen MR) is 159 cm³/mol. The summed E-state index contributed by atoms with van der Waals surface area (Å²) in [5, 5.41) is 2.48. The molecular formula is C30H43NO19. The Labute approximate surface area is 286 Å². The fourth-order valence-electron chi connectivity index (χ4n) is 5.07. The van der Waals surface area contributed by atoms with Crippen LogP contribution in [-0.2, 0) is 90.5 Å². The third-order valence-corrected chi connectivity index (χ3v) is 6.44. The molecule has 1 N–H and O–H groups in total. The van der Waals surface area contributed by atoms with Gasteiger partial charge in [-0.2, -0.15) is 0 Å². The van der Waals surface area contributed by atoms with Gasteiger partial charge >= 0.3 is 47.8 Å². The molecule has 0 unspecified atom stereocenters. The van der Waals surface area contributed by atoms with E-state index in [0.29, 0.717) is 0 Å². The third kappa shape index (κ3) is 13.9. The highest BCUT2D eigenvalue weighted by atomic mass is 16.7. The van der Waals surface area contributed by atoms with E-state index in [1.807, 2.05) is 0 Å². The van der Waals surface area contributed by atoms with E-state index in [0.717, 1.165) is 69.4 Å². The summed E-state index contributed by atoms with van der Waals surface area (Å²) in [6.45, 7) is 7.98. The van der Waals surface area contributed by atoms with Crippen LogP contribution in [0.3, 0.4) is 0 Å². The van der Waals surface area contributed by atoms with E-state index >= 15 is 0 Å². The molecule has 1 fully saturated rings. The van der Waals surface area contributed by atoms with Gasteiger partial charge in [-0.25, -0.2) is 0 Å². The molecular weight excluding hydrogens is 678 g/mol. The molecule has 1 amide bonds. The molecule has 1 rings (SSSR count). The van der Waals surface area contributed by atoms with Crippen LogP contribution in [0.15, 0.2) is 0 Å². The van der Waals surface area contributed by atoms with Crippen molar-refractivity contribution in [3.8, 4) is 0 Å². The van der Waals surface area contributed by atoms with Gasteiger partial charge in [0.1, 0.15) is 12.7 Å². The van der Waals surface area contributed by atoms with Gasteiger partial charge in [0.05, 0.1) is 6.04 Å². The Hall–Kier alpha value is -4.85. The Morgan fingerprint density at radius 1 is 0.560 bits per heavy atom. The molecule has 0 saturated carbocycles. The molecule has 20 heteroatoms. The summed E-state index contributed by atoms with van der Waals surface area (Å²) >= 11 is 0. The van der Waals surface area contributed by atoms with Crippen molar-refractivity contribution in [1.29, 1.82) is 0 Å². The topological polar surface area (TPSA) is 258 Å². The van der Waals surface area contributed by atoms with Crippen molar-refractivity contribution in [1.82, 2.24) is 5.32 Å². The van der Waals surface area contributed by atoms with Gasteiger partial charge in [0.25, 0.3) is 0 Å². The molecule has 0 aromatic carbocycles. The van der Waals surface area contributed by atoms with Crippen LogP contribution in [0.1, 0.15) is 62.3 Å². The van der Waals surface area contributed by atoms with Gasteiger partial charge in [0.15, 0.2) is 49.0 Å². The fraction of sp³-hybridized carbons (Fsp3) is 0.700. The van der Waals surface area contributed by atoms with Crippen molar-refractivity contribution in [2.45, 2.75) is 123 Å². The van der Waals surface area contributed by atoms with Crippen molar-refractivity contribution in [3.05, 3.63) is 0 Å². The van der Waals surface area contributed by atoms with Crippen LogP contribution in [0.5, 0.6) is 0 Å². The minimum absolute atomic E-state index is 0.769. The Balaban J connectivity index is 4.21. The zero-order valence-electron chi connectivity index (χ0n) is 29.2. The van der Waals surface area contributed by atoms with Crippen LogP contribution in [0.2, 0.25) is 0 Å². The van der Waals surface area contributed by atoms with Crippen LogP contribution in [-0.4, -0.2) is 129 Å². The number of rotatable bonds is 16. The largest absolute Gasteiger partial charge is 0.462 e. The van der Waals surface area contributed by atoms with Crippen LogP contribution in [0, 0.1) is 0 Å². The number of methoxy groups -OCH3 is 1. The molecule has 0 bridgehead atoms. The van der Waals surface area contributed by atoms with Crippen molar-refractivity contribution in [3.63, 3.8) is 0 Å². The number of hydrogen-bond donors (Lipinski definition) is 1. The molecule has 0 aromatic heterocycles. The summed E-state index contributed by atoms with van der Waals surface area (Å²) < 4.78 is 54.5. The summed E-state index contributed by atoms with van der Waals surface area (Å²) in [5.74, 6) is -8.73. The van der Waals surface area contributed by atoms with Crippen LogP contribution < -0.4 is 5.32 Å². The predicted octanol–water partition coefficient (Wildman–Crippen LogP) is -1.05. The number of carbonyl (C=O) groups excluding carboxylic acids is 9. The number of amides is 1. The molecule has 20 nitrogen and oxygen atoms in total. The lowest BCUT2D eigenvalue weighted by atomic mass is 9.86. The van der Waals surface area contributed by atoms with E-state index in [-0.39, 0.29) is 0 Å². The Morgan fingerprint density at radius 2 is 1.02 bits per heavy atom. The lowest BCUT2D eigenvalue weighted by molar-refractivity contribution is -0.298. The summed E-state index contributed by atoms with van der Waals surface area (Å²) in [6, 6.07) is -1.61. The molecule has 10 atom stereocenters. The van der Waals surface area contributed by atoms with Gasteiger partial charge in [0.2, 0.25) is 5.91 Å². The molecule has 0 aliphatic carbocycles. The van der Waals surface area contributed by atoms with Crippen LogP contribution in [0.4, 0.5) is 0 Å². The zero-order chi connectivity index (χ0) is 38.5. The van der Waals surface area contributed by atoms with E-state index < -0.39 is 121 Å². The molecule has 1 heterocycles. The summed E-state index contributed by atoms with van der Waals surface area (Å²) in [6.07, 6.45) is -16.4. The summed E-state index contributed by atoms with van der Waals surface area (Å²) in [4.78, 5) is 111. The van der Waals surface area contributed by atoms with E-state index in [1.165, 1.54) is 0 Å². The van der Waals surface area contributed by atoms with Gasteiger partial charge in [-0.3, -0.25) is 43.2 Å². The quantitative estimate of drug-likeness (QED) is 0.147. The molecule has 1 saturated heterocycles. The maximum atomic E-state index is 12.7. The van der Waals surface area contributed by atoms with Crippen molar-refractivity contribution >= 4 is 53.7 Å². The second-order valence-electron chi connectivity index (χ2n) is 10.8. The first-order valence-electron chi connectivity index (χ1n) is 15.0. The van der Waals surface area contributed by atoms with Crippen molar-refractivity contribution in [2.24, 2.45) is 0 Å². The first-order valence-corrected chi connectivity index (χ1v) is 15.0. The number of nitrogens with one attached hydrogen (secondary N) is 1. The molecule has 1 aliphatic rings. The molecule has 0 aromatic rings. The molecule has 1 aliphatic heterocycles. The molecule has 0 spiro atoms. The highest BCUT2D eigenvalue weighted by molar-refractivity contribution is 5.74. The number of hydrogen-bond acceptors (Lipinski definition) is 19. The lowest BCUT2D eigenvalue weighted by Crippen LogP contribution is -2.71. The summed E-state index contributed by atoms with van der Waals surface area (Å²) in [5.41, 5.74) is 0. The Morgan fingerprint density at radius 3 is 1.44 bits per heavy atom. The Kier molecular flexibility index (Phi) is 17.2. The van der Waals surface area contributed by atoms with E-state index in [4.69, 9.17) is 47.4 Å². The van der Waals surface area contributed by atoms with Crippen LogP contribution >= 0.6 is 0 Å². The van der Waals surface area contributed by atoms with Crippen molar-refractivity contribution < 1.29 is 90.5 Å².